The van der Waals surface area contributed by atoms with E-state index in [4.69, 9.17) is 10.8 Å². The van der Waals surface area contributed by atoms with E-state index in [2.05, 4.69) is 15.9 Å². The van der Waals surface area contributed by atoms with Crippen LogP contribution in [0.5, 0.6) is 0 Å². The van der Waals surface area contributed by atoms with Crippen molar-refractivity contribution in [1.29, 1.82) is 0 Å². The number of carboxylic acids is 1. The number of aliphatic hydroxyl groups is 1. The van der Waals surface area contributed by atoms with E-state index < -0.39 is 16.9 Å². The average molecular weight is 302 g/mol. The minimum atomic E-state index is -1.69. The van der Waals surface area contributed by atoms with Gasteiger partial charge in [-0.15, -0.1) is 0 Å². The normalized spacial score (nSPS) is 14.1. The molecule has 0 saturated heterocycles. The standard InChI is InChI=1S/C11H12BrNO4/c1-5(14)8(12)6-3-2-4-7(9(6)13)10(15)11(16)17/h2-4,8,10,15H,13H2,1H3,(H,16,17). The average Bonchev–Trinajstić information content (AvgIpc) is 2.27. The van der Waals surface area contributed by atoms with Crippen LogP contribution in [0.15, 0.2) is 18.2 Å². The van der Waals surface area contributed by atoms with Crippen molar-refractivity contribution in [2.24, 2.45) is 0 Å². The Balaban J connectivity index is 3.25. The second kappa shape index (κ2) is 5.29. The molecular formula is C11H12BrNO4. The van der Waals surface area contributed by atoms with Gasteiger partial charge in [-0.25, -0.2) is 4.79 Å². The smallest absolute Gasteiger partial charge is 0.337 e. The molecule has 1 aromatic rings. The third-order valence-electron chi connectivity index (χ3n) is 2.33. The van der Waals surface area contributed by atoms with Gasteiger partial charge in [-0.2, -0.15) is 0 Å². The minimum Gasteiger partial charge on any atom is -0.479 e. The highest BCUT2D eigenvalue weighted by molar-refractivity contribution is 9.09. The second-order valence-electron chi connectivity index (χ2n) is 3.56. The number of benzene rings is 1. The molecule has 0 aliphatic carbocycles. The lowest BCUT2D eigenvalue weighted by molar-refractivity contribution is -0.146. The van der Waals surface area contributed by atoms with Crippen LogP contribution in [0.1, 0.15) is 29.0 Å². The Morgan fingerprint density at radius 3 is 2.35 bits per heavy atom. The molecule has 0 saturated carbocycles. The maximum Gasteiger partial charge on any atom is 0.337 e. The lowest BCUT2D eigenvalue weighted by atomic mass is 10.00. The molecule has 2 atom stereocenters. The third-order valence-corrected chi connectivity index (χ3v) is 3.47. The molecule has 1 aromatic carbocycles. The molecular weight excluding hydrogens is 290 g/mol. The summed E-state index contributed by atoms with van der Waals surface area (Å²) in [4.78, 5) is 21.3. The van der Waals surface area contributed by atoms with Gasteiger partial charge < -0.3 is 15.9 Å². The van der Waals surface area contributed by atoms with Crippen LogP contribution in [-0.2, 0) is 9.59 Å². The fourth-order valence-corrected chi connectivity index (χ4v) is 1.81. The Hall–Kier alpha value is -1.40. The number of para-hydroxylation sites is 1. The number of Topliss-reactive ketones (excluding diaryl/α,β-unsaturated/α-hetero) is 1. The number of halogens is 1. The van der Waals surface area contributed by atoms with E-state index >= 15 is 0 Å². The largest absolute Gasteiger partial charge is 0.479 e. The molecule has 2 unspecified atom stereocenters. The Kier molecular flexibility index (Phi) is 4.25. The van der Waals surface area contributed by atoms with Crippen LogP contribution in [0.3, 0.4) is 0 Å². The Bertz CT molecular complexity index is 423. The molecule has 0 spiro atoms. The molecule has 0 radical (unpaired) electrons. The number of carbonyl (C=O) groups excluding carboxylic acids is 1. The molecule has 92 valence electrons. The van der Waals surface area contributed by atoms with Gasteiger partial charge in [0.2, 0.25) is 0 Å². The van der Waals surface area contributed by atoms with E-state index in [1.165, 1.54) is 13.0 Å². The third kappa shape index (κ3) is 2.83. The molecule has 0 aromatic heterocycles. The summed E-state index contributed by atoms with van der Waals surface area (Å²) in [7, 11) is 0. The molecule has 0 fully saturated rings. The predicted molar refractivity (Wildman–Crippen MR) is 65.8 cm³/mol. The summed E-state index contributed by atoms with van der Waals surface area (Å²) in [5, 5.41) is 18.2. The first-order valence-electron chi connectivity index (χ1n) is 4.80. The molecule has 0 heterocycles. The highest BCUT2D eigenvalue weighted by atomic mass is 79.9. The maximum atomic E-state index is 11.2. The van der Waals surface area contributed by atoms with Gasteiger partial charge in [0, 0.05) is 11.3 Å². The molecule has 1 rings (SSSR count). The molecule has 17 heavy (non-hydrogen) atoms. The van der Waals surface area contributed by atoms with Crippen molar-refractivity contribution < 1.29 is 19.8 Å². The van der Waals surface area contributed by atoms with E-state index in [1.807, 2.05) is 0 Å². The summed E-state index contributed by atoms with van der Waals surface area (Å²) >= 11 is 3.16. The van der Waals surface area contributed by atoms with Gasteiger partial charge in [-0.1, -0.05) is 34.1 Å². The first kappa shape index (κ1) is 13.7. The number of hydrogen-bond acceptors (Lipinski definition) is 4. The van der Waals surface area contributed by atoms with Gasteiger partial charge in [-0.3, -0.25) is 4.79 Å². The number of ketones is 1. The Morgan fingerprint density at radius 2 is 1.88 bits per heavy atom. The SMILES string of the molecule is CC(=O)C(Br)c1cccc(C(O)C(=O)O)c1N. The summed E-state index contributed by atoms with van der Waals surface area (Å²) in [6, 6.07) is 4.57. The van der Waals surface area contributed by atoms with E-state index in [0.29, 0.717) is 5.56 Å². The highest BCUT2D eigenvalue weighted by Crippen LogP contribution is 2.33. The summed E-state index contributed by atoms with van der Waals surface area (Å²) in [6.07, 6.45) is -1.69. The van der Waals surface area contributed by atoms with E-state index in [0.717, 1.165) is 0 Å². The molecule has 0 bridgehead atoms. The van der Waals surface area contributed by atoms with Gasteiger partial charge in [0.1, 0.15) is 5.78 Å². The Morgan fingerprint density at radius 1 is 1.35 bits per heavy atom. The van der Waals surface area contributed by atoms with Crippen LogP contribution >= 0.6 is 15.9 Å². The zero-order chi connectivity index (χ0) is 13.2. The number of nitrogen functional groups attached to an aromatic ring is 1. The first-order chi connectivity index (χ1) is 7.86. The highest BCUT2D eigenvalue weighted by Gasteiger charge is 2.23. The summed E-state index contributed by atoms with van der Waals surface area (Å²) in [6.45, 7) is 1.39. The van der Waals surface area contributed by atoms with Gasteiger partial charge in [0.05, 0.1) is 4.83 Å². The van der Waals surface area contributed by atoms with Crippen LogP contribution in [-0.4, -0.2) is 22.0 Å². The molecule has 5 nitrogen and oxygen atoms in total. The maximum absolute atomic E-state index is 11.2. The first-order valence-corrected chi connectivity index (χ1v) is 5.71. The number of alkyl halides is 1. The van der Waals surface area contributed by atoms with Crippen LogP contribution in [0.4, 0.5) is 5.69 Å². The topological polar surface area (TPSA) is 101 Å². The zero-order valence-electron chi connectivity index (χ0n) is 9.05. The van der Waals surface area contributed by atoms with Crippen LogP contribution in [0.2, 0.25) is 0 Å². The number of hydrogen-bond donors (Lipinski definition) is 3. The van der Waals surface area contributed by atoms with Crippen molar-refractivity contribution >= 4 is 33.4 Å². The molecule has 0 aliphatic rings. The number of nitrogens with two attached hydrogens (primary N) is 1. The fourth-order valence-electron chi connectivity index (χ4n) is 1.41. The van der Waals surface area contributed by atoms with Gasteiger partial charge in [-0.05, 0) is 12.5 Å². The van der Waals surface area contributed by atoms with Crippen molar-refractivity contribution in [2.45, 2.75) is 17.9 Å². The summed E-state index contributed by atoms with van der Waals surface area (Å²) in [5.74, 6) is -1.54. The number of aliphatic carboxylic acids is 1. The van der Waals surface area contributed by atoms with Gasteiger partial charge in [0.25, 0.3) is 0 Å². The minimum absolute atomic E-state index is 0.0840. The van der Waals surface area contributed by atoms with Crippen LogP contribution in [0.25, 0.3) is 0 Å². The number of anilines is 1. The number of carboxylic acid groups (broad SMARTS) is 1. The number of aliphatic hydroxyl groups excluding tert-OH is 1. The number of carbonyl (C=O) groups is 2. The molecule has 0 amide bonds. The second-order valence-corrected chi connectivity index (χ2v) is 4.48. The van der Waals surface area contributed by atoms with Crippen molar-refractivity contribution in [1.82, 2.24) is 0 Å². The fraction of sp³-hybridized carbons (Fsp3) is 0.273. The lowest BCUT2D eigenvalue weighted by Gasteiger charge is -2.15. The van der Waals surface area contributed by atoms with Crippen LogP contribution in [0, 0.1) is 0 Å². The number of rotatable bonds is 4. The van der Waals surface area contributed by atoms with E-state index in [9.17, 15) is 14.7 Å². The van der Waals surface area contributed by atoms with Gasteiger partial charge in [0.15, 0.2) is 6.10 Å². The monoisotopic (exact) mass is 301 g/mol. The van der Waals surface area contributed by atoms with Crippen molar-refractivity contribution in [3.05, 3.63) is 29.3 Å². The van der Waals surface area contributed by atoms with Crippen molar-refractivity contribution in [3.63, 3.8) is 0 Å². The molecule has 4 N–H and O–H groups in total. The molecule has 6 heteroatoms. The van der Waals surface area contributed by atoms with Crippen LogP contribution < -0.4 is 5.73 Å². The Labute approximate surface area is 106 Å². The predicted octanol–water partition coefficient (Wildman–Crippen LogP) is 1.41. The van der Waals surface area contributed by atoms with E-state index in [1.54, 1.807) is 12.1 Å². The van der Waals surface area contributed by atoms with E-state index in [-0.39, 0.29) is 17.0 Å². The summed E-state index contributed by atoms with van der Waals surface area (Å²) in [5.41, 5.74) is 6.40. The zero-order valence-corrected chi connectivity index (χ0v) is 10.6. The lowest BCUT2D eigenvalue weighted by Crippen LogP contribution is -2.14. The van der Waals surface area contributed by atoms with Gasteiger partial charge >= 0.3 is 5.97 Å². The van der Waals surface area contributed by atoms with Crippen molar-refractivity contribution in [2.75, 3.05) is 5.73 Å². The van der Waals surface area contributed by atoms with Crippen molar-refractivity contribution in [3.8, 4) is 0 Å². The molecule has 0 aliphatic heterocycles. The summed E-state index contributed by atoms with van der Waals surface area (Å²) < 4.78 is 0. The quantitative estimate of drug-likeness (QED) is 0.577.